The highest BCUT2D eigenvalue weighted by molar-refractivity contribution is 5.78. The summed E-state index contributed by atoms with van der Waals surface area (Å²) in [6.45, 7) is 1.09. The molecule has 0 aliphatic heterocycles. The maximum absolute atomic E-state index is 10.5. The molecule has 0 radical (unpaired) electrons. The van der Waals surface area contributed by atoms with Crippen LogP contribution >= 0.6 is 0 Å². The van der Waals surface area contributed by atoms with E-state index in [0.717, 1.165) is 0 Å². The first kappa shape index (κ1) is 9.39. The lowest BCUT2D eigenvalue weighted by molar-refractivity contribution is -0.151. The number of carboxylic acids is 1. The second-order valence-electron chi connectivity index (χ2n) is 2.63. The zero-order chi connectivity index (χ0) is 8.36. The van der Waals surface area contributed by atoms with Crippen molar-refractivity contribution in [2.24, 2.45) is 0 Å². The van der Waals surface area contributed by atoms with Gasteiger partial charge in [-0.15, -0.1) is 0 Å². The van der Waals surface area contributed by atoms with Crippen molar-refractivity contribution in [2.45, 2.75) is 12.5 Å². The minimum absolute atomic E-state index is 0.380. The van der Waals surface area contributed by atoms with Gasteiger partial charge >= 0.3 is 5.97 Å². The van der Waals surface area contributed by atoms with Crippen molar-refractivity contribution in [3.05, 3.63) is 0 Å². The Morgan fingerprint density at radius 2 is 2.00 bits per heavy atom. The van der Waals surface area contributed by atoms with Gasteiger partial charge in [-0.3, -0.25) is 9.69 Å². The number of hydrogen-bond donors (Lipinski definition) is 2. The molecule has 4 heteroatoms. The van der Waals surface area contributed by atoms with Gasteiger partial charge in [-0.2, -0.15) is 0 Å². The summed E-state index contributed by atoms with van der Waals surface area (Å²) in [7, 11) is 3.23. The summed E-state index contributed by atoms with van der Waals surface area (Å²) in [5, 5.41) is 17.3. The quantitative estimate of drug-likeness (QED) is 0.558. The summed E-state index contributed by atoms with van der Waals surface area (Å²) in [5.41, 5.74) is -1.15. The third-order valence-electron chi connectivity index (χ3n) is 1.76. The summed E-state index contributed by atoms with van der Waals surface area (Å²) in [4.78, 5) is 12.0. The molecule has 1 atom stereocenters. The summed E-state index contributed by atoms with van der Waals surface area (Å²) < 4.78 is 0. The van der Waals surface area contributed by atoms with Gasteiger partial charge in [-0.05, 0) is 21.0 Å². The van der Waals surface area contributed by atoms with Crippen LogP contribution < -0.4 is 0 Å². The average molecular weight is 147 g/mol. The van der Waals surface area contributed by atoms with E-state index in [0.29, 0.717) is 0 Å². The van der Waals surface area contributed by atoms with Crippen molar-refractivity contribution in [3.63, 3.8) is 0 Å². The minimum Gasteiger partial charge on any atom is -0.480 e. The van der Waals surface area contributed by atoms with Gasteiger partial charge in [0.05, 0.1) is 6.61 Å². The lowest BCUT2D eigenvalue weighted by Crippen LogP contribution is -2.51. The number of nitrogens with zero attached hydrogens (tertiary/aromatic N) is 1. The van der Waals surface area contributed by atoms with Crippen LogP contribution in [-0.4, -0.2) is 47.3 Å². The molecular formula is C6H13NO3. The molecule has 0 unspecified atom stereocenters. The Bertz CT molecular complexity index is 135. The third kappa shape index (κ3) is 1.46. The zero-order valence-electron chi connectivity index (χ0n) is 6.46. The van der Waals surface area contributed by atoms with Gasteiger partial charge in [0.2, 0.25) is 0 Å². The first-order chi connectivity index (χ1) is 4.45. The van der Waals surface area contributed by atoms with E-state index in [-0.39, 0.29) is 6.61 Å². The molecule has 10 heavy (non-hydrogen) atoms. The van der Waals surface area contributed by atoms with Gasteiger partial charge in [0.25, 0.3) is 0 Å². The maximum atomic E-state index is 10.5. The predicted octanol–water partition coefficient (Wildman–Crippen LogP) is -0.616. The number of carboxylic acid groups (broad SMARTS) is 1. The number of aliphatic carboxylic acids is 1. The largest absolute Gasteiger partial charge is 0.480 e. The number of likely N-dealkylation sites (N-methyl/N-ethyl adjacent to an activating group) is 1. The van der Waals surface area contributed by atoms with E-state index < -0.39 is 11.5 Å². The summed E-state index contributed by atoms with van der Waals surface area (Å²) in [6.07, 6.45) is 0. The SMILES string of the molecule is CN(C)[C@@](C)(CO)C(=O)O. The van der Waals surface area contributed by atoms with E-state index >= 15 is 0 Å². The normalized spacial score (nSPS) is 16.9. The Labute approximate surface area is 60.1 Å². The second-order valence-corrected chi connectivity index (χ2v) is 2.63. The molecule has 0 fully saturated rings. The fourth-order valence-corrected chi connectivity index (χ4v) is 0.400. The van der Waals surface area contributed by atoms with E-state index in [1.165, 1.54) is 11.8 Å². The van der Waals surface area contributed by atoms with E-state index in [4.69, 9.17) is 10.2 Å². The topological polar surface area (TPSA) is 60.8 Å². The molecule has 0 saturated carbocycles. The van der Waals surface area contributed by atoms with Crippen LogP contribution in [0.3, 0.4) is 0 Å². The van der Waals surface area contributed by atoms with Gasteiger partial charge < -0.3 is 10.2 Å². The van der Waals surface area contributed by atoms with E-state index in [2.05, 4.69) is 0 Å². The van der Waals surface area contributed by atoms with Crippen molar-refractivity contribution >= 4 is 5.97 Å². The van der Waals surface area contributed by atoms with Crippen molar-refractivity contribution < 1.29 is 15.0 Å². The first-order valence-electron chi connectivity index (χ1n) is 2.97. The molecule has 0 heterocycles. The number of hydrogen-bond acceptors (Lipinski definition) is 3. The fraction of sp³-hybridized carbons (Fsp3) is 0.833. The smallest absolute Gasteiger partial charge is 0.326 e. The summed E-state index contributed by atoms with van der Waals surface area (Å²) >= 11 is 0. The van der Waals surface area contributed by atoms with Crippen molar-refractivity contribution in [2.75, 3.05) is 20.7 Å². The minimum atomic E-state index is -1.15. The highest BCUT2D eigenvalue weighted by atomic mass is 16.4. The van der Waals surface area contributed by atoms with Crippen molar-refractivity contribution in [1.82, 2.24) is 4.90 Å². The zero-order valence-corrected chi connectivity index (χ0v) is 6.46. The predicted molar refractivity (Wildman–Crippen MR) is 36.8 cm³/mol. The van der Waals surface area contributed by atoms with Crippen LogP contribution in [0, 0.1) is 0 Å². The van der Waals surface area contributed by atoms with Gasteiger partial charge in [-0.25, -0.2) is 0 Å². The lowest BCUT2D eigenvalue weighted by Gasteiger charge is -2.29. The first-order valence-corrected chi connectivity index (χ1v) is 2.97. The van der Waals surface area contributed by atoms with Crippen LogP contribution in [0.4, 0.5) is 0 Å². The molecule has 0 aliphatic rings. The Morgan fingerprint density at radius 1 is 1.60 bits per heavy atom. The Morgan fingerprint density at radius 3 is 2.00 bits per heavy atom. The van der Waals surface area contributed by atoms with Gasteiger partial charge in [-0.1, -0.05) is 0 Å². The van der Waals surface area contributed by atoms with Crippen molar-refractivity contribution in [1.29, 1.82) is 0 Å². The average Bonchev–Trinajstić information content (AvgIpc) is 1.85. The Balaban J connectivity index is 4.38. The number of aliphatic hydroxyl groups excluding tert-OH is 1. The second kappa shape index (κ2) is 2.98. The van der Waals surface area contributed by atoms with Crippen LogP contribution in [0.5, 0.6) is 0 Å². The standard InChI is InChI=1S/C6H13NO3/c1-6(4-8,5(9)10)7(2)3/h8H,4H2,1-3H3,(H,9,10)/t6-/m0/s1. The van der Waals surface area contributed by atoms with Gasteiger partial charge in [0, 0.05) is 0 Å². The van der Waals surface area contributed by atoms with E-state index in [1.807, 2.05) is 0 Å². The molecule has 0 saturated heterocycles. The molecule has 0 aromatic carbocycles. The van der Waals surface area contributed by atoms with Gasteiger partial charge in [0.15, 0.2) is 0 Å². The molecule has 60 valence electrons. The van der Waals surface area contributed by atoms with Gasteiger partial charge in [0.1, 0.15) is 5.54 Å². The maximum Gasteiger partial charge on any atom is 0.326 e. The molecule has 0 spiro atoms. The van der Waals surface area contributed by atoms with E-state index in [9.17, 15) is 4.79 Å². The monoisotopic (exact) mass is 147 g/mol. The molecule has 2 N–H and O–H groups in total. The van der Waals surface area contributed by atoms with Crippen molar-refractivity contribution in [3.8, 4) is 0 Å². The molecule has 0 aromatic rings. The highest BCUT2D eigenvalue weighted by Crippen LogP contribution is 2.09. The van der Waals surface area contributed by atoms with Crippen LogP contribution in [-0.2, 0) is 4.79 Å². The molecular weight excluding hydrogens is 134 g/mol. The van der Waals surface area contributed by atoms with Crippen LogP contribution in [0.15, 0.2) is 0 Å². The Hall–Kier alpha value is -0.610. The third-order valence-corrected chi connectivity index (χ3v) is 1.76. The van der Waals surface area contributed by atoms with E-state index in [1.54, 1.807) is 14.1 Å². The lowest BCUT2D eigenvalue weighted by atomic mass is 10.0. The number of rotatable bonds is 3. The molecule has 0 aliphatic carbocycles. The fourth-order valence-electron chi connectivity index (χ4n) is 0.400. The number of carbonyl (C=O) groups is 1. The molecule has 0 bridgehead atoms. The number of aliphatic hydroxyl groups is 1. The van der Waals surface area contributed by atoms with Crippen LogP contribution in [0.2, 0.25) is 0 Å². The molecule has 4 nitrogen and oxygen atoms in total. The summed E-state index contributed by atoms with van der Waals surface area (Å²) in [6, 6.07) is 0. The highest BCUT2D eigenvalue weighted by Gasteiger charge is 2.34. The Kier molecular flexibility index (Phi) is 2.80. The molecule has 0 aromatic heterocycles. The molecule has 0 rings (SSSR count). The molecule has 0 amide bonds. The van der Waals surface area contributed by atoms with Crippen LogP contribution in [0.1, 0.15) is 6.92 Å². The summed E-state index contributed by atoms with van der Waals surface area (Å²) in [5.74, 6) is -1.01. The van der Waals surface area contributed by atoms with Crippen LogP contribution in [0.25, 0.3) is 0 Å².